The molecule has 3 N–H and O–H groups in total. The first-order valence-corrected chi connectivity index (χ1v) is 6.07. The highest BCUT2D eigenvalue weighted by atomic mass is 16.2. The van der Waals surface area contributed by atoms with Gasteiger partial charge in [-0.05, 0) is 31.4 Å². The lowest BCUT2D eigenvalue weighted by molar-refractivity contribution is -0.135. The largest absolute Gasteiger partial charge is 0.350 e. The zero-order valence-electron chi connectivity index (χ0n) is 10.2. The molecule has 0 unspecified atom stereocenters. The van der Waals surface area contributed by atoms with E-state index in [2.05, 4.69) is 10.3 Å². The molecule has 0 atom stereocenters. The molecule has 1 aliphatic carbocycles. The topological polar surface area (TPSA) is 68.0 Å². The Hall–Kier alpha value is -1.42. The molecule has 1 fully saturated rings. The van der Waals surface area contributed by atoms with E-state index in [1.54, 1.807) is 6.20 Å². The molecule has 1 aromatic heterocycles. The van der Waals surface area contributed by atoms with Crippen molar-refractivity contribution in [3.8, 4) is 0 Å². The van der Waals surface area contributed by atoms with Crippen LogP contribution >= 0.6 is 0 Å². The highest BCUT2D eigenvalue weighted by molar-refractivity contribution is 5.83. The van der Waals surface area contributed by atoms with E-state index < -0.39 is 0 Å². The molecule has 2 rings (SSSR count). The van der Waals surface area contributed by atoms with Crippen LogP contribution in [0, 0.1) is 12.3 Å². The number of rotatable bonds is 4. The highest BCUT2D eigenvalue weighted by Crippen LogP contribution is 2.39. The summed E-state index contributed by atoms with van der Waals surface area (Å²) in [6.45, 7) is 2.93. The molecule has 1 saturated carbocycles. The summed E-state index contributed by atoms with van der Waals surface area (Å²) in [7, 11) is 0. The maximum absolute atomic E-state index is 12.0. The number of carbonyl (C=O) groups excluding carboxylic acids is 1. The summed E-state index contributed by atoms with van der Waals surface area (Å²) >= 11 is 0. The van der Waals surface area contributed by atoms with E-state index in [0.29, 0.717) is 13.1 Å². The molecule has 4 nitrogen and oxygen atoms in total. The average molecular weight is 233 g/mol. The zero-order chi connectivity index (χ0) is 12.3. The van der Waals surface area contributed by atoms with Gasteiger partial charge < -0.3 is 11.1 Å². The molecule has 1 aromatic rings. The molecule has 92 valence electrons. The van der Waals surface area contributed by atoms with Crippen LogP contribution in [0.4, 0.5) is 0 Å². The molecule has 1 amide bonds. The van der Waals surface area contributed by atoms with Gasteiger partial charge >= 0.3 is 0 Å². The van der Waals surface area contributed by atoms with Gasteiger partial charge in [-0.25, -0.2) is 0 Å². The van der Waals surface area contributed by atoms with Crippen molar-refractivity contribution in [2.75, 3.05) is 6.54 Å². The predicted molar refractivity (Wildman–Crippen MR) is 66.2 cm³/mol. The Morgan fingerprint density at radius 3 is 2.88 bits per heavy atom. The first-order valence-electron chi connectivity index (χ1n) is 6.07. The molecule has 0 bridgehead atoms. The molecular weight excluding hydrogens is 214 g/mol. The van der Waals surface area contributed by atoms with Crippen LogP contribution in [0.5, 0.6) is 0 Å². The van der Waals surface area contributed by atoms with Gasteiger partial charge in [0, 0.05) is 12.7 Å². The van der Waals surface area contributed by atoms with Gasteiger partial charge in [-0.3, -0.25) is 9.78 Å². The minimum absolute atomic E-state index is 0.0799. The summed E-state index contributed by atoms with van der Waals surface area (Å²) in [5.41, 5.74) is 7.41. The summed E-state index contributed by atoms with van der Waals surface area (Å²) in [4.78, 5) is 16.3. The molecule has 0 radical (unpaired) electrons. The van der Waals surface area contributed by atoms with Gasteiger partial charge in [0.05, 0.1) is 17.7 Å². The molecule has 1 aliphatic rings. The number of pyridine rings is 1. The minimum Gasteiger partial charge on any atom is -0.350 e. The normalized spacial score (nSPS) is 17.3. The number of nitrogens with two attached hydrogens (primary N) is 1. The smallest absolute Gasteiger partial charge is 0.227 e. The standard InChI is InChI=1S/C13H19N3O/c1-10-4-2-7-15-11(10)8-16-12(17)13(9-14)5-3-6-13/h2,4,7H,3,5-6,8-9,14H2,1H3,(H,16,17). The lowest BCUT2D eigenvalue weighted by Gasteiger charge is -2.39. The van der Waals surface area contributed by atoms with E-state index in [1.165, 1.54) is 0 Å². The van der Waals surface area contributed by atoms with Crippen molar-refractivity contribution < 1.29 is 4.79 Å². The average Bonchev–Trinajstić information content (AvgIpc) is 2.27. The molecule has 17 heavy (non-hydrogen) atoms. The fourth-order valence-electron chi connectivity index (χ4n) is 2.18. The first kappa shape index (κ1) is 12.0. The maximum atomic E-state index is 12.0. The second kappa shape index (κ2) is 4.84. The quantitative estimate of drug-likeness (QED) is 0.819. The summed E-state index contributed by atoms with van der Waals surface area (Å²) < 4.78 is 0. The maximum Gasteiger partial charge on any atom is 0.227 e. The number of hydrogen-bond donors (Lipinski definition) is 2. The number of aryl methyl sites for hydroxylation is 1. The van der Waals surface area contributed by atoms with Gasteiger partial charge in [0.25, 0.3) is 0 Å². The van der Waals surface area contributed by atoms with Gasteiger partial charge in [-0.15, -0.1) is 0 Å². The lowest BCUT2D eigenvalue weighted by atomic mass is 9.68. The fourth-order valence-corrected chi connectivity index (χ4v) is 2.18. The van der Waals surface area contributed by atoms with Crippen molar-refractivity contribution in [1.82, 2.24) is 10.3 Å². The minimum atomic E-state index is -0.303. The Kier molecular flexibility index (Phi) is 3.43. The third kappa shape index (κ3) is 2.31. The number of nitrogens with zero attached hydrogens (tertiary/aromatic N) is 1. The van der Waals surface area contributed by atoms with Crippen LogP contribution in [-0.4, -0.2) is 17.4 Å². The molecular formula is C13H19N3O. The van der Waals surface area contributed by atoms with Gasteiger partial charge in [0.15, 0.2) is 0 Å². The Labute approximate surface area is 102 Å². The SMILES string of the molecule is Cc1cccnc1CNC(=O)C1(CN)CCC1. The van der Waals surface area contributed by atoms with Crippen LogP contribution < -0.4 is 11.1 Å². The van der Waals surface area contributed by atoms with Crippen LogP contribution in [0.1, 0.15) is 30.5 Å². The number of amides is 1. The molecule has 4 heteroatoms. The highest BCUT2D eigenvalue weighted by Gasteiger charge is 2.42. The fraction of sp³-hybridized carbons (Fsp3) is 0.538. The van der Waals surface area contributed by atoms with E-state index in [0.717, 1.165) is 30.5 Å². The molecule has 1 heterocycles. The van der Waals surface area contributed by atoms with Crippen molar-refractivity contribution in [1.29, 1.82) is 0 Å². The van der Waals surface area contributed by atoms with Crippen molar-refractivity contribution in [3.63, 3.8) is 0 Å². The van der Waals surface area contributed by atoms with Gasteiger partial charge in [0.2, 0.25) is 5.91 Å². The molecule has 0 aromatic carbocycles. The monoisotopic (exact) mass is 233 g/mol. The van der Waals surface area contributed by atoms with Crippen molar-refractivity contribution in [2.24, 2.45) is 11.1 Å². The Morgan fingerprint density at radius 2 is 2.35 bits per heavy atom. The van der Waals surface area contributed by atoms with Crippen LogP contribution in [0.25, 0.3) is 0 Å². The number of nitrogens with one attached hydrogen (secondary N) is 1. The number of aromatic nitrogens is 1. The van der Waals surface area contributed by atoms with E-state index in [-0.39, 0.29) is 11.3 Å². The van der Waals surface area contributed by atoms with Crippen molar-refractivity contribution in [2.45, 2.75) is 32.7 Å². The van der Waals surface area contributed by atoms with Crippen LogP contribution in [0.15, 0.2) is 18.3 Å². The second-order valence-electron chi connectivity index (χ2n) is 4.79. The third-order valence-electron chi connectivity index (χ3n) is 3.72. The summed E-state index contributed by atoms with van der Waals surface area (Å²) in [6, 6.07) is 3.89. The van der Waals surface area contributed by atoms with Gasteiger partial charge in [-0.2, -0.15) is 0 Å². The van der Waals surface area contributed by atoms with E-state index in [1.807, 2.05) is 19.1 Å². The Balaban J connectivity index is 1.95. The summed E-state index contributed by atoms with van der Waals surface area (Å²) in [5, 5.41) is 2.95. The van der Waals surface area contributed by atoms with E-state index in [4.69, 9.17) is 5.73 Å². The molecule has 0 aliphatic heterocycles. The number of carbonyl (C=O) groups is 1. The first-order chi connectivity index (χ1) is 8.18. The van der Waals surface area contributed by atoms with Crippen LogP contribution in [-0.2, 0) is 11.3 Å². The zero-order valence-corrected chi connectivity index (χ0v) is 10.2. The van der Waals surface area contributed by atoms with Crippen molar-refractivity contribution >= 4 is 5.91 Å². The van der Waals surface area contributed by atoms with E-state index >= 15 is 0 Å². The third-order valence-corrected chi connectivity index (χ3v) is 3.72. The Morgan fingerprint density at radius 1 is 1.59 bits per heavy atom. The molecule has 0 saturated heterocycles. The predicted octanol–water partition coefficient (Wildman–Crippen LogP) is 1.14. The van der Waals surface area contributed by atoms with Crippen LogP contribution in [0.3, 0.4) is 0 Å². The van der Waals surface area contributed by atoms with Crippen molar-refractivity contribution in [3.05, 3.63) is 29.6 Å². The summed E-state index contributed by atoms with van der Waals surface area (Å²) in [5.74, 6) is 0.0799. The van der Waals surface area contributed by atoms with E-state index in [9.17, 15) is 4.79 Å². The van der Waals surface area contributed by atoms with Crippen LogP contribution in [0.2, 0.25) is 0 Å². The Bertz CT molecular complexity index is 407. The van der Waals surface area contributed by atoms with Gasteiger partial charge in [0.1, 0.15) is 0 Å². The molecule has 0 spiro atoms. The van der Waals surface area contributed by atoms with Gasteiger partial charge in [-0.1, -0.05) is 12.5 Å². The lowest BCUT2D eigenvalue weighted by Crippen LogP contribution is -2.50. The summed E-state index contributed by atoms with van der Waals surface area (Å²) in [6.07, 6.45) is 4.68. The number of hydrogen-bond acceptors (Lipinski definition) is 3. The second-order valence-corrected chi connectivity index (χ2v) is 4.79.